The molecule has 0 fully saturated rings. The zero-order valence-corrected chi connectivity index (χ0v) is 66.8. The zero-order valence-electron chi connectivity index (χ0n) is 65.1. The number of thiophene rings is 2. The van der Waals surface area contributed by atoms with E-state index in [0.717, 1.165) is 137 Å². The molecule has 0 saturated heterocycles. The Morgan fingerprint density at radius 1 is 0.246 bits per heavy atom. The van der Waals surface area contributed by atoms with E-state index in [2.05, 4.69) is 366 Å². The van der Waals surface area contributed by atoms with Gasteiger partial charge in [-0.3, -0.25) is 18.7 Å². The van der Waals surface area contributed by atoms with Crippen molar-refractivity contribution in [3.05, 3.63) is 388 Å². The SMILES string of the molecule is c1ccc(-c2cccc(-c3nc(-n4c5ccccc5c5cc6ccccc6cc54)c4c(n3)sc3ccccc34)c2)cc1.c1ccc2cc3c(cc2c1)c1ccccc1n3-c1nc(-c2cccc3ccccc23)c2c(n1)sc1ccccc12.c1ccc2cc3c(cc2c1)c1ccccc1n3-c1nc(-c2cccc3cccnc23)c2c(n1)oc1ccccc12. The molecule has 0 spiro atoms. The standard InChI is InChI=1S/C38H23N3S.C36H21N3S.C35H20N4O/c1-2-11-24(12-3-1)25-15-10-16-28(21-25)36-39-37(35-30-18-7-9-20-34(30)42-38(35)40-36)41-32-19-8-6-17-29(32)31-22-26-13-4-5-14-27(26)23-33(31)41;1-2-12-24-21-31-29(20-23(24)11-1)26-15-5-7-18-30(26)39(31)36-37-34(27-17-9-13-22-10-3-4-14-25(22)27)33-28-16-6-8-19-32(28)40-35(33)38-36;1-2-10-23-20-29-27(19-22(23)9-1)24-13-3-5-16-28(24)39(29)35-37-33(26-15-7-11-21-12-8-18-36-32(21)26)31-25-14-4-6-17-30(25)40-34(31)38-35/h1-23H;1-21H;1-20H. The maximum atomic E-state index is 6.37. The number of furan rings is 1. The molecule has 0 bridgehead atoms. The van der Waals surface area contributed by atoms with Gasteiger partial charge in [0, 0.05) is 91.5 Å². The van der Waals surface area contributed by atoms with Gasteiger partial charge in [0.15, 0.2) is 11.6 Å². The van der Waals surface area contributed by atoms with E-state index in [-0.39, 0.29) is 0 Å². The predicted octanol–water partition coefficient (Wildman–Crippen LogP) is 29.2. The Kier molecular flexibility index (Phi) is 15.8. The van der Waals surface area contributed by atoms with Gasteiger partial charge in [-0.1, -0.05) is 297 Å². The maximum absolute atomic E-state index is 6.37. The van der Waals surface area contributed by atoms with Crippen molar-refractivity contribution in [3.63, 3.8) is 0 Å². The van der Waals surface area contributed by atoms with E-state index >= 15 is 0 Å². The second-order valence-electron chi connectivity index (χ2n) is 31.0. The average molecular weight is 1590 g/mol. The zero-order chi connectivity index (χ0) is 80.0. The van der Waals surface area contributed by atoms with E-state index < -0.39 is 0 Å². The molecule has 0 aliphatic carbocycles. The molecule has 17 aromatic carbocycles. The summed E-state index contributed by atoms with van der Waals surface area (Å²) in [6.45, 7) is 0. The fourth-order valence-electron chi connectivity index (χ4n) is 18.5. The first-order chi connectivity index (χ1) is 60.5. The van der Waals surface area contributed by atoms with Crippen molar-refractivity contribution in [2.75, 3.05) is 0 Å². The molecule has 122 heavy (non-hydrogen) atoms. The van der Waals surface area contributed by atoms with Crippen LogP contribution in [0, 0.1) is 0 Å². The Bertz CT molecular complexity index is 8670. The Labute approximate surface area is 703 Å². The smallest absolute Gasteiger partial charge is 0.238 e. The lowest BCUT2D eigenvalue weighted by molar-refractivity contribution is 0.651. The van der Waals surface area contributed by atoms with Crippen LogP contribution in [0.15, 0.2) is 393 Å². The van der Waals surface area contributed by atoms with Gasteiger partial charge in [-0.25, -0.2) is 24.9 Å². The van der Waals surface area contributed by atoms with Crippen molar-refractivity contribution in [1.82, 2.24) is 48.6 Å². The first-order valence-electron chi connectivity index (χ1n) is 40.8. The summed E-state index contributed by atoms with van der Waals surface area (Å²) in [6.07, 6.45) is 1.83. The highest BCUT2D eigenvalue weighted by Gasteiger charge is 2.27. The summed E-state index contributed by atoms with van der Waals surface area (Å²) in [5, 5.41) is 24.4. The molecule has 568 valence electrons. The van der Waals surface area contributed by atoms with Crippen molar-refractivity contribution >= 4 is 205 Å². The fraction of sp³-hybridized carbons (Fsp3) is 0. The highest BCUT2D eigenvalue weighted by molar-refractivity contribution is 7.26. The molecule has 27 rings (SSSR count). The van der Waals surface area contributed by atoms with E-state index in [9.17, 15) is 0 Å². The molecule has 27 aromatic rings. The van der Waals surface area contributed by atoms with Gasteiger partial charge in [-0.05, 0) is 139 Å². The van der Waals surface area contributed by atoms with Gasteiger partial charge >= 0.3 is 0 Å². The molecule has 0 radical (unpaired) electrons. The number of benzene rings is 17. The Hall–Kier alpha value is -15.9. The summed E-state index contributed by atoms with van der Waals surface area (Å²) in [5.74, 6) is 2.91. The molecular weight excluding hydrogens is 1530 g/mol. The van der Waals surface area contributed by atoms with Crippen LogP contribution in [0.25, 0.3) is 245 Å². The van der Waals surface area contributed by atoms with Crippen molar-refractivity contribution in [2.24, 2.45) is 0 Å². The Balaban J connectivity index is 0.000000101. The third kappa shape index (κ3) is 11.1. The van der Waals surface area contributed by atoms with Crippen molar-refractivity contribution in [1.29, 1.82) is 0 Å². The number of pyridine rings is 1. The lowest BCUT2D eigenvalue weighted by Gasteiger charge is -2.12. The normalized spacial score (nSPS) is 11.9. The minimum Gasteiger partial charge on any atom is -0.437 e. The van der Waals surface area contributed by atoms with Gasteiger partial charge in [0.25, 0.3) is 0 Å². The van der Waals surface area contributed by atoms with Crippen molar-refractivity contribution < 1.29 is 4.42 Å². The average Bonchev–Trinajstić information content (AvgIpc) is 1.57. The molecule has 10 aromatic heterocycles. The second kappa shape index (κ2) is 27.9. The van der Waals surface area contributed by atoms with E-state index in [0.29, 0.717) is 17.6 Å². The number of hydrogen-bond donors (Lipinski definition) is 0. The van der Waals surface area contributed by atoms with E-state index in [1.165, 1.54) is 90.4 Å². The summed E-state index contributed by atoms with van der Waals surface area (Å²) >= 11 is 3.47. The Morgan fingerprint density at radius 3 is 1.29 bits per heavy atom. The summed E-state index contributed by atoms with van der Waals surface area (Å²) in [5.41, 5.74) is 16.0. The first kappa shape index (κ1) is 69.2. The lowest BCUT2D eigenvalue weighted by atomic mass is 9.99. The number of para-hydroxylation sites is 5. The Morgan fingerprint density at radius 2 is 0.672 bits per heavy atom. The van der Waals surface area contributed by atoms with Gasteiger partial charge < -0.3 is 4.42 Å². The summed E-state index contributed by atoms with van der Waals surface area (Å²) in [6, 6.07) is 135. The van der Waals surface area contributed by atoms with Crippen LogP contribution in [0.4, 0.5) is 0 Å². The van der Waals surface area contributed by atoms with Gasteiger partial charge in [0.2, 0.25) is 17.6 Å². The van der Waals surface area contributed by atoms with Crippen LogP contribution in [0.2, 0.25) is 0 Å². The van der Waals surface area contributed by atoms with Crippen LogP contribution in [-0.4, -0.2) is 48.6 Å². The molecule has 0 N–H and O–H groups in total. The molecule has 0 atom stereocenters. The molecule has 10 heterocycles. The van der Waals surface area contributed by atoms with Gasteiger partial charge in [-0.15, -0.1) is 22.7 Å². The summed E-state index contributed by atoms with van der Waals surface area (Å²) in [7, 11) is 0. The van der Waals surface area contributed by atoms with Crippen LogP contribution >= 0.6 is 22.7 Å². The third-order valence-corrected chi connectivity index (χ3v) is 26.2. The highest BCUT2D eigenvalue weighted by atomic mass is 32.1. The molecule has 11 nitrogen and oxygen atoms in total. The molecule has 0 aliphatic heterocycles. The monoisotopic (exact) mass is 1590 g/mol. The minimum absolute atomic E-state index is 0.556. The number of hydrogen-bond acceptors (Lipinski definition) is 10. The van der Waals surface area contributed by atoms with E-state index in [1.807, 2.05) is 36.5 Å². The molecule has 0 aliphatic rings. The number of nitrogens with zero attached hydrogens (tertiary/aromatic N) is 10. The van der Waals surface area contributed by atoms with Crippen LogP contribution in [0.5, 0.6) is 0 Å². The minimum atomic E-state index is 0.556. The molecule has 0 amide bonds. The van der Waals surface area contributed by atoms with Crippen LogP contribution in [0.1, 0.15) is 0 Å². The summed E-state index contributed by atoms with van der Waals surface area (Å²) < 4.78 is 15.6. The van der Waals surface area contributed by atoms with Crippen molar-refractivity contribution in [2.45, 2.75) is 0 Å². The second-order valence-corrected chi connectivity index (χ2v) is 33.1. The number of aromatic nitrogens is 10. The fourth-order valence-corrected chi connectivity index (χ4v) is 20.7. The van der Waals surface area contributed by atoms with E-state index in [1.54, 1.807) is 22.7 Å². The lowest BCUT2D eigenvalue weighted by Crippen LogP contribution is -2.03. The van der Waals surface area contributed by atoms with Crippen LogP contribution in [0.3, 0.4) is 0 Å². The summed E-state index contributed by atoms with van der Waals surface area (Å²) in [4.78, 5) is 38.4. The van der Waals surface area contributed by atoms with Gasteiger partial charge in [-0.2, -0.15) is 4.98 Å². The molecule has 0 unspecified atom stereocenters. The predicted molar refractivity (Wildman–Crippen MR) is 509 cm³/mol. The first-order valence-corrected chi connectivity index (χ1v) is 42.4. The highest BCUT2D eigenvalue weighted by Crippen LogP contribution is 2.47. The molecule has 0 saturated carbocycles. The maximum Gasteiger partial charge on any atom is 0.238 e. The molecule has 13 heteroatoms. The van der Waals surface area contributed by atoms with Gasteiger partial charge in [0.1, 0.15) is 15.2 Å². The topological polar surface area (TPSA) is 118 Å². The molecular formula is C109H64N10OS2. The third-order valence-electron chi connectivity index (χ3n) is 24.1. The largest absolute Gasteiger partial charge is 0.437 e. The quantitative estimate of drug-likeness (QED) is 0.155. The van der Waals surface area contributed by atoms with Crippen LogP contribution in [-0.2, 0) is 0 Å². The number of rotatable bonds is 7. The number of fused-ring (bicyclic) bond motifs is 23. The van der Waals surface area contributed by atoms with Crippen LogP contribution < -0.4 is 0 Å². The van der Waals surface area contributed by atoms with E-state index in [4.69, 9.17) is 39.3 Å². The van der Waals surface area contributed by atoms with Crippen molar-refractivity contribution in [3.8, 4) is 62.7 Å². The van der Waals surface area contributed by atoms with Gasteiger partial charge in [0.05, 0.1) is 60.8 Å².